The molecule has 3 aromatic carbocycles. The number of hydrogen-bond acceptors (Lipinski definition) is 7. The van der Waals surface area contributed by atoms with Gasteiger partial charge in [-0.05, 0) is 71.8 Å². The maximum atomic E-state index is 12.7. The standard InChI is InChI=1S/C29H28N2O6/c1-35-25-14-10-22(11-15-25)29(34)31-30-23(12-7-21-9-16-27(33)28(18-21)37-3)19-24(32)13-8-20-5-4-6-26(17-20)36-2/h4-18,33H,19H2,1-3H3,(H,31,34)/b12-7+,13-8+,30-23+. The van der Waals surface area contributed by atoms with Gasteiger partial charge in [0.05, 0.1) is 33.5 Å². The van der Waals surface area contributed by atoms with E-state index in [1.807, 2.05) is 24.3 Å². The molecule has 0 aliphatic heterocycles. The highest BCUT2D eigenvalue weighted by molar-refractivity contribution is 6.13. The zero-order chi connectivity index (χ0) is 26.6. The second-order valence-electron chi connectivity index (χ2n) is 7.79. The fourth-order valence-electron chi connectivity index (χ4n) is 3.23. The first-order chi connectivity index (χ1) is 17.9. The number of phenols is 1. The summed E-state index contributed by atoms with van der Waals surface area (Å²) in [5.74, 6) is 0.989. The summed E-state index contributed by atoms with van der Waals surface area (Å²) in [7, 11) is 4.58. The van der Waals surface area contributed by atoms with Crippen molar-refractivity contribution in [1.82, 2.24) is 5.43 Å². The van der Waals surface area contributed by atoms with Crippen molar-refractivity contribution in [2.45, 2.75) is 6.42 Å². The van der Waals surface area contributed by atoms with Gasteiger partial charge in [0.15, 0.2) is 17.3 Å². The number of aromatic hydroxyl groups is 1. The molecule has 0 aliphatic rings. The normalized spacial score (nSPS) is 11.5. The van der Waals surface area contributed by atoms with Crippen molar-refractivity contribution in [2.75, 3.05) is 21.3 Å². The summed E-state index contributed by atoms with van der Waals surface area (Å²) in [6, 6.07) is 18.7. The molecule has 0 aliphatic carbocycles. The number of carbonyl (C=O) groups is 2. The Morgan fingerprint density at radius 1 is 0.838 bits per heavy atom. The number of allylic oxidation sites excluding steroid dienone is 2. The van der Waals surface area contributed by atoms with Crippen LogP contribution in [0.3, 0.4) is 0 Å². The average molecular weight is 501 g/mol. The van der Waals surface area contributed by atoms with E-state index < -0.39 is 5.91 Å². The number of hydrogen-bond donors (Lipinski definition) is 2. The van der Waals surface area contributed by atoms with E-state index in [9.17, 15) is 14.7 Å². The Balaban J connectivity index is 1.79. The minimum Gasteiger partial charge on any atom is -0.504 e. The molecule has 3 rings (SSSR count). The minimum atomic E-state index is -0.431. The molecule has 0 saturated heterocycles. The molecular formula is C29H28N2O6. The average Bonchev–Trinajstić information content (AvgIpc) is 2.94. The molecule has 1 amide bonds. The highest BCUT2D eigenvalue weighted by Gasteiger charge is 2.08. The number of rotatable bonds is 11. The molecule has 0 fully saturated rings. The number of nitrogens with zero attached hydrogens (tertiary/aromatic N) is 1. The second-order valence-corrected chi connectivity index (χ2v) is 7.79. The van der Waals surface area contributed by atoms with Crippen LogP contribution >= 0.6 is 0 Å². The van der Waals surface area contributed by atoms with Gasteiger partial charge in [0.2, 0.25) is 0 Å². The van der Waals surface area contributed by atoms with Gasteiger partial charge in [0, 0.05) is 5.56 Å². The Morgan fingerprint density at radius 3 is 2.24 bits per heavy atom. The smallest absolute Gasteiger partial charge is 0.271 e. The third-order valence-electron chi connectivity index (χ3n) is 5.24. The second kappa shape index (κ2) is 13.3. The van der Waals surface area contributed by atoms with Crippen molar-refractivity contribution >= 4 is 29.6 Å². The maximum absolute atomic E-state index is 12.7. The summed E-state index contributed by atoms with van der Waals surface area (Å²) in [6.45, 7) is 0. The number of ether oxygens (including phenoxy) is 3. The first kappa shape index (κ1) is 26.7. The van der Waals surface area contributed by atoms with Crippen LogP contribution in [-0.4, -0.2) is 43.8 Å². The van der Waals surface area contributed by atoms with Crippen LogP contribution in [0.4, 0.5) is 0 Å². The fraction of sp³-hybridized carbons (Fsp3) is 0.138. The van der Waals surface area contributed by atoms with Crippen molar-refractivity contribution < 1.29 is 28.9 Å². The number of methoxy groups -OCH3 is 3. The van der Waals surface area contributed by atoms with Gasteiger partial charge >= 0.3 is 0 Å². The number of carbonyl (C=O) groups excluding carboxylic acids is 2. The fourth-order valence-corrected chi connectivity index (χ4v) is 3.23. The van der Waals surface area contributed by atoms with Crippen LogP contribution in [0.5, 0.6) is 23.0 Å². The van der Waals surface area contributed by atoms with Crippen LogP contribution in [-0.2, 0) is 4.79 Å². The van der Waals surface area contributed by atoms with Crippen molar-refractivity contribution in [3.8, 4) is 23.0 Å². The summed E-state index contributed by atoms with van der Waals surface area (Å²) in [5, 5.41) is 14.0. The summed E-state index contributed by atoms with van der Waals surface area (Å²) < 4.78 is 15.5. The quantitative estimate of drug-likeness (QED) is 0.221. The van der Waals surface area contributed by atoms with Crippen LogP contribution < -0.4 is 19.6 Å². The van der Waals surface area contributed by atoms with E-state index in [2.05, 4.69) is 10.5 Å². The summed E-state index contributed by atoms with van der Waals surface area (Å²) in [6.07, 6.45) is 6.41. The Morgan fingerprint density at radius 2 is 1.54 bits per heavy atom. The lowest BCUT2D eigenvalue weighted by molar-refractivity contribution is -0.113. The molecule has 37 heavy (non-hydrogen) atoms. The lowest BCUT2D eigenvalue weighted by atomic mass is 10.1. The molecule has 0 bridgehead atoms. The minimum absolute atomic E-state index is 0.0122. The molecule has 0 spiro atoms. The van der Waals surface area contributed by atoms with Gasteiger partial charge in [0.1, 0.15) is 11.5 Å². The molecule has 8 nitrogen and oxygen atoms in total. The molecule has 0 saturated carbocycles. The van der Waals surface area contributed by atoms with Gasteiger partial charge in [-0.3, -0.25) is 9.59 Å². The summed E-state index contributed by atoms with van der Waals surface area (Å²) in [5.41, 5.74) is 4.74. The lowest BCUT2D eigenvalue weighted by Gasteiger charge is -2.05. The Hall–Kier alpha value is -4.85. The van der Waals surface area contributed by atoms with Gasteiger partial charge in [0.25, 0.3) is 5.91 Å². The van der Waals surface area contributed by atoms with E-state index in [0.717, 1.165) is 5.56 Å². The van der Waals surface area contributed by atoms with Gasteiger partial charge in [-0.1, -0.05) is 30.4 Å². The zero-order valence-corrected chi connectivity index (χ0v) is 20.8. The maximum Gasteiger partial charge on any atom is 0.271 e. The van der Waals surface area contributed by atoms with E-state index in [4.69, 9.17) is 14.2 Å². The van der Waals surface area contributed by atoms with Crippen LogP contribution in [0.1, 0.15) is 27.9 Å². The van der Waals surface area contributed by atoms with Gasteiger partial charge in [-0.25, -0.2) is 5.43 Å². The highest BCUT2D eigenvalue weighted by atomic mass is 16.5. The van der Waals surface area contributed by atoms with Crippen LogP contribution in [0, 0.1) is 0 Å². The summed E-state index contributed by atoms with van der Waals surface area (Å²) >= 11 is 0. The van der Waals surface area contributed by atoms with E-state index in [-0.39, 0.29) is 18.0 Å². The van der Waals surface area contributed by atoms with Crippen LogP contribution in [0.2, 0.25) is 0 Å². The number of nitrogens with one attached hydrogen (secondary N) is 1. The molecule has 2 N–H and O–H groups in total. The molecule has 8 heteroatoms. The summed E-state index contributed by atoms with van der Waals surface area (Å²) in [4.78, 5) is 25.3. The van der Waals surface area contributed by atoms with Gasteiger partial charge in [-0.2, -0.15) is 5.10 Å². The number of amides is 1. The zero-order valence-electron chi connectivity index (χ0n) is 20.8. The predicted molar refractivity (Wildman–Crippen MR) is 143 cm³/mol. The molecule has 0 heterocycles. The topological polar surface area (TPSA) is 106 Å². The van der Waals surface area contributed by atoms with E-state index >= 15 is 0 Å². The Labute approximate surface area is 215 Å². The SMILES string of the molecule is COc1ccc(C(=O)N/N=C(\C=C\c2ccc(O)c(OC)c2)CC(=O)/C=C/c2cccc(OC)c2)cc1. The Kier molecular flexibility index (Phi) is 9.61. The van der Waals surface area contributed by atoms with E-state index in [1.54, 1.807) is 68.8 Å². The molecule has 0 radical (unpaired) electrons. The molecule has 0 atom stereocenters. The van der Waals surface area contributed by atoms with Crippen molar-refractivity contribution in [2.24, 2.45) is 5.10 Å². The predicted octanol–water partition coefficient (Wildman–Crippen LogP) is 4.89. The molecular weight excluding hydrogens is 472 g/mol. The molecule has 0 unspecified atom stereocenters. The van der Waals surface area contributed by atoms with Crippen LogP contribution in [0.15, 0.2) is 84.0 Å². The lowest BCUT2D eigenvalue weighted by Crippen LogP contribution is -2.20. The molecule has 190 valence electrons. The Bertz CT molecular complexity index is 1330. The third-order valence-corrected chi connectivity index (χ3v) is 5.24. The molecule has 3 aromatic rings. The van der Waals surface area contributed by atoms with Crippen molar-refractivity contribution in [3.63, 3.8) is 0 Å². The number of hydrazone groups is 1. The van der Waals surface area contributed by atoms with E-state index in [0.29, 0.717) is 34.1 Å². The van der Waals surface area contributed by atoms with Crippen molar-refractivity contribution in [3.05, 3.63) is 95.6 Å². The first-order valence-electron chi connectivity index (χ1n) is 11.3. The highest BCUT2D eigenvalue weighted by Crippen LogP contribution is 2.26. The van der Waals surface area contributed by atoms with Gasteiger partial charge < -0.3 is 19.3 Å². The first-order valence-corrected chi connectivity index (χ1v) is 11.3. The third kappa shape index (κ3) is 8.10. The number of ketones is 1. The number of phenolic OH excluding ortho intramolecular Hbond substituents is 1. The van der Waals surface area contributed by atoms with Crippen LogP contribution in [0.25, 0.3) is 12.2 Å². The van der Waals surface area contributed by atoms with Crippen molar-refractivity contribution in [1.29, 1.82) is 0 Å². The largest absolute Gasteiger partial charge is 0.504 e. The number of benzene rings is 3. The monoisotopic (exact) mass is 500 g/mol. The van der Waals surface area contributed by atoms with E-state index in [1.165, 1.54) is 19.3 Å². The van der Waals surface area contributed by atoms with Gasteiger partial charge in [-0.15, -0.1) is 0 Å². The molecule has 0 aromatic heterocycles.